The van der Waals surface area contributed by atoms with Gasteiger partial charge in [0.15, 0.2) is 11.5 Å². The standard InChI is InChI=1S/C23H28N2O2/c1-14-7-6-8-16(15(14)2)23-18-12-22(27-5)21(26-4)11-17(18)19-13-25(3)10-9-20(19)24-23/h6-8,11-12,19-20H,9-10,13H2,1-5H3. The number of hydrogen-bond acceptors (Lipinski definition) is 4. The largest absolute Gasteiger partial charge is 0.493 e. The number of aryl methyl sites for hydroxylation is 1. The maximum absolute atomic E-state index is 5.61. The van der Waals surface area contributed by atoms with Gasteiger partial charge in [-0.3, -0.25) is 4.99 Å². The topological polar surface area (TPSA) is 34.1 Å². The molecule has 2 aliphatic rings. The summed E-state index contributed by atoms with van der Waals surface area (Å²) in [4.78, 5) is 7.68. The molecular formula is C23H28N2O2. The molecule has 0 bridgehead atoms. The van der Waals surface area contributed by atoms with Crippen LogP contribution in [0.4, 0.5) is 0 Å². The fourth-order valence-electron chi connectivity index (χ4n) is 4.43. The Labute approximate surface area is 161 Å². The smallest absolute Gasteiger partial charge is 0.161 e. The van der Waals surface area contributed by atoms with Gasteiger partial charge in [0, 0.05) is 23.6 Å². The van der Waals surface area contributed by atoms with Gasteiger partial charge in [0.1, 0.15) is 0 Å². The van der Waals surface area contributed by atoms with Crippen molar-refractivity contribution in [2.24, 2.45) is 4.99 Å². The van der Waals surface area contributed by atoms with Crippen molar-refractivity contribution in [3.05, 3.63) is 58.1 Å². The molecule has 0 saturated carbocycles. The van der Waals surface area contributed by atoms with Crippen LogP contribution in [0, 0.1) is 13.8 Å². The third-order valence-electron chi connectivity index (χ3n) is 6.14. The first-order chi connectivity index (χ1) is 13.0. The fourth-order valence-corrected chi connectivity index (χ4v) is 4.43. The lowest BCUT2D eigenvalue weighted by atomic mass is 9.78. The molecule has 2 atom stereocenters. The number of piperidine rings is 1. The molecule has 4 rings (SSSR count). The lowest BCUT2D eigenvalue weighted by molar-refractivity contribution is 0.227. The first kappa shape index (κ1) is 18.1. The molecule has 0 amide bonds. The van der Waals surface area contributed by atoms with E-state index in [4.69, 9.17) is 14.5 Å². The number of ether oxygens (including phenoxy) is 2. The molecule has 1 saturated heterocycles. The number of hydrogen-bond donors (Lipinski definition) is 0. The molecule has 4 heteroatoms. The first-order valence-electron chi connectivity index (χ1n) is 9.62. The number of likely N-dealkylation sites (tertiary alicyclic amines) is 1. The Kier molecular flexibility index (Phi) is 4.68. The monoisotopic (exact) mass is 364 g/mol. The van der Waals surface area contributed by atoms with Crippen LogP contribution >= 0.6 is 0 Å². The zero-order valence-electron chi connectivity index (χ0n) is 16.9. The number of methoxy groups -OCH3 is 2. The van der Waals surface area contributed by atoms with Gasteiger partial charge in [-0.2, -0.15) is 0 Å². The van der Waals surface area contributed by atoms with Crippen molar-refractivity contribution in [2.45, 2.75) is 32.2 Å². The summed E-state index contributed by atoms with van der Waals surface area (Å²) < 4.78 is 11.2. The van der Waals surface area contributed by atoms with E-state index in [0.717, 1.165) is 36.7 Å². The van der Waals surface area contributed by atoms with Gasteiger partial charge in [-0.15, -0.1) is 0 Å². The molecule has 2 unspecified atom stereocenters. The Balaban J connectivity index is 1.94. The summed E-state index contributed by atoms with van der Waals surface area (Å²) in [5.74, 6) is 1.95. The van der Waals surface area contributed by atoms with Crippen LogP contribution in [-0.4, -0.2) is 51.0 Å². The molecule has 2 aromatic rings. The van der Waals surface area contributed by atoms with E-state index in [2.05, 4.69) is 56.1 Å². The molecule has 142 valence electrons. The molecule has 0 aliphatic carbocycles. The number of fused-ring (bicyclic) bond motifs is 3. The highest BCUT2D eigenvalue weighted by Gasteiger charge is 2.36. The number of nitrogens with zero attached hydrogens (tertiary/aromatic N) is 2. The predicted octanol–water partition coefficient (Wildman–Crippen LogP) is 3.96. The summed E-state index contributed by atoms with van der Waals surface area (Å²) in [6.45, 7) is 6.47. The summed E-state index contributed by atoms with van der Waals surface area (Å²) in [6, 6.07) is 11.1. The Bertz CT molecular complexity index is 903. The van der Waals surface area contributed by atoms with Crippen molar-refractivity contribution in [2.75, 3.05) is 34.4 Å². The quantitative estimate of drug-likeness (QED) is 0.827. The van der Waals surface area contributed by atoms with E-state index in [9.17, 15) is 0 Å². The fraction of sp³-hybridized carbons (Fsp3) is 0.435. The first-order valence-corrected chi connectivity index (χ1v) is 9.62. The van der Waals surface area contributed by atoms with Crippen LogP contribution in [0.3, 0.4) is 0 Å². The zero-order chi connectivity index (χ0) is 19.1. The summed E-state index contributed by atoms with van der Waals surface area (Å²) in [5, 5.41) is 0. The van der Waals surface area contributed by atoms with Gasteiger partial charge in [0.05, 0.1) is 26.0 Å². The van der Waals surface area contributed by atoms with Crippen molar-refractivity contribution in [3.8, 4) is 11.5 Å². The van der Waals surface area contributed by atoms with E-state index < -0.39 is 0 Å². The van der Waals surface area contributed by atoms with E-state index in [1.54, 1.807) is 14.2 Å². The van der Waals surface area contributed by atoms with Gasteiger partial charge < -0.3 is 14.4 Å². The van der Waals surface area contributed by atoms with E-state index in [-0.39, 0.29) is 0 Å². The maximum Gasteiger partial charge on any atom is 0.161 e. The van der Waals surface area contributed by atoms with Crippen molar-refractivity contribution in [1.29, 1.82) is 0 Å². The minimum Gasteiger partial charge on any atom is -0.493 e. The lowest BCUT2D eigenvalue weighted by Crippen LogP contribution is -2.42. The molecule has 1 fully saturated rings. The van der Waals surface area contributed by atoms with Crippen LogP contribution in [0.1, 0.15) is 40.2 Å². The van der Waals surface area contributed by atoms with Crippen molar-refractivity contribution < 1.29 is 9.47 Å². The third kappa shape index (κ3) is 3.02. The second kappa shape index (κ2) is 7.01. The van der Waals surface area contributed by atoms with E-state index >= 15 is 0 Å². The van der Waals surface area contributed by atoms with Gasteiger partial charge in [0.25, 0.3) is 0 Å². The Hall–Kier alpha value is -2.33. The summed E-state index contributed by atoms with van der Waals surface area (Å²) in [7, 11) is 5.59. The highest BCUT2D eigenvalue weighted by molar-refractivity contribution is 6.15. The van der Waals surface area contributed by atoms with Gasteiger partial charge in [-0.1, -0.05) is 18.2 Å². The summed E-state index contributed by atoms with van der Waals surface area (Å²) in [6.07, 6.45) is 1.09. The number of likely N-dealkylation sites (N-methyl/N-ethyl adjacent to an activating group) is 1. The minimum absolute atomic E-state index is 0.321. The van der Waals surface area contributed by atoms with Crippen molar-refractivity contribution in [3.63, 3.8) is 0 Å². The molecule has 2 aliphatic heterocycles. The molecule has 0 aromatic heterocycles. The molecule has 27 heavy (non-hydrogen) atoms. The zero-order valence-corrected chi connectivity index (χ0v) is 16.9. The average molecular weight is 364 g/mol. The van der Waals surface area contributed by atoms with E-state index in [0.29, 0.717) is 12.0 Å². The third-order valence-corrected chi connectivity index (χ3v) is 6.14. The Morgan fingerprint density at radius 2 is 1.78 bits per heavy atom. The van der Waals surface area contributed by atoms with Crippen LogP contribution in [-0.2, 0) is 0 Å². The minimum atomic E-state index is 0.321. The molecule has 0 spiro atoms. The molecule has 2 heterocycles. The van der Waals surface area contributed by atoms with Crippen LogP contribution in [0.15, 0.2) is 35.3 Å². The number of aliphatic imine (C=N–C) groups is 1. The van der Waals surface area contributed by atoms with Gasteiger partial charge >= 0.3 is 0 Å². The molecule has 0 radical (unpaired) electrons. The van der Waals surface area contributed by atoms with Gasteiger partial charge in [-0.05, 0) is 62.7 Å². The Morgan fingerprint density at radius 1 is 1.04 bits per heavy atom. The maximum atomic E-state index is 5.61. The normalized spacial score (nSPS) is 21.9. The van der Waals surface area contributed by atoms with Crippen LogP contribution < -0.4 is 9.47 Å². The van der Waals surface area contributed by atoms with Gasteiger partial charge in [0.2, 0.25) is 0 Å². The van der Waals surface area contributed by atoms with E-state index in [1.807, 2.05) is 0 Å². The molecule has 4 nitrogen and oxygen atoms in total. The molecule has 2 aromatic carbocycles. The molecular weight excluding hydrogens is 336 g/mol. The highest BCUT2D eigenvalue weighted by atomic mass is 16.5. The van der Waals surface area contributed by atoms with Crippen LogP contribution in [0.2, 0.25) is 0 Å². The van der Waals surface area contributed by atoms with Crippen LogP contribution in [0.5, 0.6) is 11.5 Å². The Morgan fingerprint density at radius 3 is 2.52 bits per heavy atom. The van der Waals surface area contributed by atoms with Crippen molar-refractivity contribution >= 4 is 5.71 Å². The predicted molar refractivity (Wildman–Crippen MR) is 110 cm³/mol. The second-order valence-corrected chi connectivity index (χ2v) is 7.74. The van der Waals surface area contributed by atoms with Crippen molar-refractivity contribution in [1.82, 2.24) is 4.90 Å². The molecule has 0 N–H and O–H groups in total. The summed E-state index contributed by atoms with van der Waals surface area (Å²) in [5.41, 5.74) is 7.41. The summed E-state index contributed by atoms with van der Waals surface area (Å²) >= 11 is 0. The van der Waals surface area contributed by atoms with Gasteiger partial charge in [-0.25, -0.2) is 0 Å². The number of benzene rings is 2. The SMILES string of the molecule is COc1cc2c(cc1OC)C1CN(C)CCC1N=C2c1cccc(C)c1C. The van der Waals surface area contributed by atoms with Crippen LogP contribution in [0.25, 0.3) is 0 Å². The highest BCUT2D eigenvalue weighted by Crippen LogP contribution is 2.42. The lowest BCUT2D eigenvalue weighted by Gasteiger charge is -2.39. The number of rotatable bonds is 3. The second-order valence-electron chi connectivity index (χ2n) is 7.74. The average Bonchev–Trinajstić information content (AvgIpc) is 2.68. The van der Waals surface area contributed by atoms with E-state index in [1.165, 1.54) is 27.8 Å².